The number of hydrogen-bond acceptors (Lipinski definition) is 7. The Balaban J connectivity index is -0.0000000545. The minimum atomic E-state index is -0.566. The van der Waals surface area contributed by atoms with Gasteiger partial charge in [0.25, 0.3) is 0 Å². The zero-order valence-corrected chi connectivity index (χ0v) is 38.3. The molecule has 8 N–H and O–H groups in total. The van der Waals surface area contributed by atoms with Crippen molar-refractivity contribution in [3.63, 3.8) is 0 Å². The summed E-state index contributed by atoms with van der Waals surface area (Å²) in [5, 5.41) is -0.382. The molecule has 0 heterocycles. The van der Waals surface area contributed by atoms with Crippen molar-refractivity contribution in [2.75, 3.05) is 41.8 Å². The van der Waals surface area contributed by atoms with Gasteiger partial charge in [0.1, 0.15) is 0 Å². The monoisotopic (exact) mass is 1220 g/mol. The van der Waals surface area contributed by atoms with Crippen molar-refractivity contribution in [1.29, 1.82) is 0 Å². The fourth-order valence-corrected chi connectivity index (χ4v) is 0.967. The first kappa shape index (κ1) is 62.4. The van der Waals surface area contributed by atoms with E-state index in [1.54, 1.807) is 55.4 Å². The van der Waals surface area contributed by atoms with E-state index in [1.165, 1.54) is 7.11 Å². The topological polar surface area (TPSA) is 182 Å². The van der Waals surface area contributed by atoms with Gasteiger partial charge in [-0.2, -0.15) is 0 Å². The molecule has 41 heavy (non-hydrogen) atoms. The van der Waals surface area contributed by atoms with Crippen LogP contribution in [0.3, 0.4) is 0 Å². The molecule has 256 valence electrons. The molecule has 0 atom stereocenters. The Bertz CT molecular complexity index is 601. The summed E-state index contributed by atoms with van der Waals surface area (Å²) in [6.07, 6.45) is 0. The molecule has 0 saturated heterocycles. The van der Waals surface area contributed by atoms with Gasteiger partial charge in [-0.25, -0.2) is 0 Å². The van der Waals surface area contributed by atoms with E-state index in [4.69, 9.17) is 57.7 Å². The standard InChI is InChI=1S/C6H13NO2.C5H8Cl2O.C5H10ClNO.C5H12N2O.2CH3I.CH4.I3/c1-6(2,4-7)5(8)9-3;3*1-5(2,3-6)4(7)8;2*1-2;;1-3-2/h4,7H2,1-3H3;3H2,1-2H3;3H2,1-2H3,(H2,7,8);3,6H2,1-2H3,(H2,7,8);2*1H3;1H4;/q;;;;;;;-1. The second-order valence-electron chi connectivity index (χ2n) is 9.76. The van der Waals surface area contributed by atoms with Crippen molar-refractivity contribution in [1.82, 2.24) is 0 Å². The predicted octanol–water partition coefficient (Wildman–Crippen LogP) is 3.87. The molecule has 0 fully saturated rings. The van der Waals surface area contributed by atoms with Crippen molar-refractivity contribution in [3.8, 4) is 0 Å². The Kier molecular flexibility index (Phi) is 56.3. The number of ether oxygens (including phenoxy) is 1. The van der Waals surface area contributed by atoms with Gasteiger partial charge in [-0.1, -0.05) is 66.5 Å². The van der Waals surface area contributed by atoms with E-state index < -0.39 is 21.7 Å². The van der Waals surface area contributed by atoms with Gasteiger partial charge in [0.2, 0.25) is 17.1 Å². The Labute approximate surface area is 322 Å². The number of halogens is 8. The molecular formula is C24H53Cl3I5N4O5-. The SMILES string of the molecule is C.CC(C)(CCl)C(=O)Cl.CC(C)(CCl)C(N)=O.CC(C)(CN)C(N)=O.CI.CI.COC(=O)C(C)(C)CN.I[I-]I. The second-order valence-corrected chi connectivity index (χ2v) is 26.9. The molecule has 0 bridgehead atoms. The molecule has 0 aliphatic carbocycles. The summed E-state index contributed by atoms with van der Waals surface area (Å²) in [6.45, 7) is 14.4. The summed E-state index contributed by atoms with van der Waals surface area (Å²) in [4.78, 5) is 45.9. The van der Waals surface area contributed by atoms with Crippen molar-refractivity contribution in [2.45, 2.75) is 62.8 Å². The van der Waals surface area contributed by atoms with Gasteiger partial charge in [0.05, 0.1) is 28.8 Å². The Morgan fingerprint density at radius 3 is 0.951 bits per heavy atom. The molecular weight excluding hydrogens is 1170 g/mol. The third-order valence-corrected chi connectivity index (χ3v) is 6.14. The average Bonchev–Trinajstić information content (AvgIpc) is 2.91. The van der Waals surface area contributed by atoms with Crippen LogP contribution in [0.2, 0.25) is 0 Å². The van der Waals surface area contributed by atoms with Crippen LogP contribution in [0, 0.1) is 21.7 Å². The Hall–Kier alpha value is 2.52. The van der Waals surface area contributed by atoms with Crippen molar-refractivity contribution < 1.29 is 37.2 Å². The number of primary amides is 2. The third kappa shape index (κ3) is 42.5. The van der Waals surface area contributed by atoms with Crippen molar-refractivity contribution in [2.24, 2.45) is 44.6 Å². The quantitative estimate of drug-likeness (QED) is 0.123. The summed E-state index contributed by atoms with van der Waals surface area (Å²) in [6, 6.07) is 0. The van der Waals surface area contributed by atoms with E-state index >= 15 is 0 Å². The average molecular weight is 1220 g/mol. The summed E-state index contributed by atoms with van der Waals surface area (Å²) >= 11 is 25.5. The van der Waals surface area contributed by atoms with Crippen LogP contribution in [0.4, 0.5) is 0 Å². The molecule has 9 nitrogen and oxygen atoms in total. The molecule has 0 rings (SSSR count). The van der Waals surface area contributed by atoms with Crippen LogP contribution in [0.1, 0.15) is 62.8 Å². The number of hydrogen-bond donors (Lipinski definition) is 4. The molecule has 0 aliphatic rings. The summed E-state index contributed by atoms with van der Waals surface area (Å²) < 4.78 is 4.49. The number of methoxy groups -OCH3 is 1. The molecule has 2 amide bonds. The molecule has 0 aromatic carbocycles. The summed E-state index contributed by atoms with van der Waals surface area (Å²) in [7, 11) is 1.36. The van der Waals surface area contributed by atoms with Crippen LogP contribution in [-0.4, -0.2) is 64.8 Å². The van der Waals surface area contributed by atoms with Gasteiger partial charge in [-0.15, -0.1) is 23.2 Å². The maximum absolute atomic E-state index is 10.8. The van der Waals surface area contributed by atoms with Gasteiger partial charge in [-0.05, 0) is 63.0 Å². The molecule has 0 aromatic rings. The minimum absolute atomic E-state index is 0. The molecule has 0 saturated carbocycles. The molecule has 0 aromatic heterocycles. The number of amides is 2. The van der Waals surface area contributed by atoms with Gasteiger partial charge >= 0.3 is 56.5 Å². The normalized spacial score (nSPS) is 9.95. The summed E-state index contributed by atoms with van der Waals surface area (Å²) in [5.74, 6) is -0.407. The van der Waals surface area contributed by atoms with Gasteiger partial charge < -0.3 is 27.7 Å². The number of carbonyl (C=O) groups excluding carboxylic acids is 4. The molecule has 0 spiro atoms. The zero-order chi connectivity index (χ0) is 34.6. The van der Waals surface area contributed by atoms with Crippen LogP contribution in [-0.2, 0) is 23.9 Å². The van der Waals surface area contributed by atoms with E-state index in [0.717, 1.165) is 0 Å². The van der Waals surface area contributed by atoms with Crippen molar-refractivity contribution >= 4 is 140 Å². The van der Waals surface area contributed by atoms with Crippen LogP contribution >= 0.6 is 117 Å². The van der Waals surface area contributed by atoms with Gasteiger partial charge in [0.15, 0.2) is 0 Å². The van der Waals surface area contributed by atoms with Gasteiger partial charge in [-0.3, -0.25) is 19.2 Å². The third-order valence-electron chi connectivity index (χ3n) is 4.29. The van der Waals surface area contributed by atoms with E-state index in [2.05, 4.69) is 87.2 Å². The van der Waals surface area contributed by atoms with E-state index in [1.807, 2.05) is 9.86 Å². The Morgan fingerprint density at radius 1 is 0.683 bits per heavy atom. The predicted molar refractivity (Wildman–Crippen MR) is 211 cm³/mol. The second kappa shape index (κ2) is 37.0. The Morgan fingerprint density at radius 2 is 0.927 bits per heavy atom. The number of rotatable bonds is 8. The molecule has 17 heteroatoms. The number of carbonyl (C=O) groups is 4. The van der Waals surface area contributed by atoms with Gasteiger partial charge in [0, 0.05) is 24.8 Å². The van der Waals surface area contributed by atoms with Crippen LogP contribution in [0.15, 0.2) is 0 Å². The number of nitrogens with two attached hydrogens (primary N) is 4. The van der Waals surface area contributed by atoms with Crippen molar-refractivity contribution in [3.05, 3.63) is 0 Å². The van der Waals surface area contributed by atoms with Crippen LogP contribution < -0.4 is 36.2 Å². The molecule has 0 radical (unpaired) electrons. The molecule has 0 unspecified atom stereocenters. The first-order valence-electron chi connectivity index (χ1n) is 11.0. The first-order valence-corrected chi connectivity index (χ1v) is 29.3. The maximum atomic E-state index is 10.8. The fraction of sp³-hybridized carbons (Fsp3) is 0.833. The number of esters is 1. The fourth-order valence-electron chi connectivity index (χ4n) is 0.579. The van der Waals surface area contributed by atoms with E-state index in [9.17, 15) is 19.2 Å². The zero-order valence-electron chi connectivity index (χ0n) is 25.2. The van der Waals surface area contributed by atoms with Crippen LogP contribution in [0.5, 0.6) is 0 Å². The first-order chi connectivity index (χ1) is 18.0. The summed E-state index contributed by atoms with van der Waals surface area (Å²) in [5.41, 5.74) is 18.2. The van der Waals surface area contributed by atoms with E-state index in [0.29, 0.717) is 26.3 Å². The van der Waals surface area contributed by atoms with E-state index in [-0.39, 0.29) is 42.2 Å². The van der Waals surface area contributed by atoms with Crippen LogP contribution in [0.25, 0.3) is 0 Å². The number of alkyl halides is 4. The molecule has 0 aliphatic heterocycles.